The first kappa shape index (κ1) is 11.2. The molecule has 0 fully saturated rings. The fraction of sp³-hybridized carbons (Fsp3) is 0.300. The second-order valence-electron chi connectivity index (χ2n) is 3.11. The zero-order chi connectivity index (χ0) is 10.6. The molecule has 0 spiro atoms. The molecule has 4 heteroatoms. The van der Waals surface area contributed by atoms with Crippen LogP contribution >= 0.6 is 12.6 Å². The number of thiol groups is 1. The molecular weight excluding hydrogens is 201 g/mol. The molecule has 1 aromatic rings. The van der Waals surface area contributed by atoms with Gasteiger partial charge in [-0.3, -0.25) is 4.79 Å². The van der Waals surface area contributed by atoms with Crippen LogP contribution in [0.4, 0.5) is 4.39 Å². The van der Waals surface area contributed by atoms with E-state index < -0.39 is 6.04 Å². The van der Waals surface area contributed by atoms with Crippen LogP contribution in [0.1, 0.15) is 12.0 Å². The van der Waals surface area contributed by atoms with Crippen LogP contribution in [0.15, 0.2) is 24.3 Å². The summed E-state index contributed by atoms with van der Waals surface area (Å²) in [4.78, 5) is 10.7. The Kier molecular flexibility index (Phi) is 4.10. The Labute approximate surface area is 87.7 Å². The number of halogens is 1. The molecule has 0 heterocycles. The summed E-state index contributed by atoms with van der Waals surface area (Å²) in [5.41, 5.74) is 6.46. The lowest BCUT2D eigenvalue weighted by Gasteiger charge is -2.06. The van der Waals surface area contributed by atoms with Gasteiger partial charge >= 0.3 is 0 Å². The maximum absolute atomic E-state index is 12.5. The summed E-state index contributed by atoms with van der Waals surface area (Å²) in [5, 5.41) is -0.313. The van der Waals surface area contributed by atoms with Crippen molar-refractivity contribution < 1.29 is 9.18 Å². The monoisotopic (exact) mass is 213 g/mol. The molecule has 2 N–H and O–H groups in total. The molecule has 0 radical (unpaired) electrons. The van der Waals surface area contributed by atoms with Crippen molar-refractivity contribution >= 4 is 17.7 Å². The summed E-state index contributed by atoms with van der Waals surface area (Å²) < 4.78 is 12.5. The van der Waals surface area contributed by atoms with Crippen LogP contribution in [0.5, 0.6) is 0 Å². The van der Waals surface area contributed by atoms with Crippen molar-refractivity contribution in [3.8, 4) is 0 Å². The highest BCUT2D eigenvalue weighted by molar-refractivity contribution is 7.96. The average Bonchev–Trinajstić information content (AvgIpc) is 2.16. The molecule has 2 nitrogen and oxygen atoms in total. The Bertz CT molecular complexity index is 312. The molecule has 14 heavy (non-hydrogen) atoms. The van der Waals surface area contributed by atoms with E-state index >= 15 is 0 Å². The maximum atomic E-state index is 12.5. The summed E-state index contributed by atoms with van der Waals surface area (Å²) in [6.45, 7) is 0. The number of aryl methyl sites for hydroxylation is 1. The van der Waals surface area contributed by atoms with Crippen LogP contribution in [0.2, 0.25) is 0 Å². The molecule has 0 saturated carbocycles. The summed E-state index contributed by atoms with van der Waals surface area (Å²) >= 11 is 3.63. The van der Waals surface area contributed by atoms with Crippen molar-refractivity contribution in [2.75, 3.05) is 0 Å². The van der Waals surface area contributed by atoms with Crippen LogP contribution in [-0.4, -0.2) is 11.2 Å². The Balaban J connectivity index is 2.46. The fourth-order valence-corrected chi connectivity index (χ4v) is 1.23. The lowest BCUT2D eigenvalue weighted by Crippen LogP contribution is -2.27. The first-order valence-corrected chi connectivity index (χ1v) is 4.77. The zero-order valence-corrected chi connectivity index (χ0v) is 8.51. The van der Waals surface area contributed by atoms with E-state index in [0.29, 0.717) is 12.8 Å². The summed E-state index contributed by atoms with van der Waals surface area (Å²) in [6.07, 6.45) is 1.20. The van der Waals surface area contributed by atoms with E-state index in [9.17, 15) is 9.18 Å². The molecule has 0 aromatic heterocycles. The highest BCUT2D eigenvalue weighted by Gasteiger charge is 2.08. The van der Waals surface area contributed by atoms with E-state index in [2.05, 4.69) is 12.6 Å². The lowest BCUT2D eigenvalue weighted by atomic mass is 10.1. The van der Waals surface area contributed by atoms with Crippen molar-refractivity contribution in [2.24, 2.45) is 5.73 Å². The molecular formula is C10H12FNOS. The van der Waals surface area contributed by atoms with Gasteiger partial charge in [-0.1, -0.05) is 12.1 Å². The molecule has 0 bridgehead atoms. The molecule has 0 saturated heterocycles. The Morgan fingerprint density at radius 2 is 2.00 bits per heavy atom. The minimum absolute atomic E-state index is 0.261. The zero-order valence-electron chi connectivity index (χ0n) is 7.61. The minimum atomic E-state index is -0.539. The topological polar surface area (TPSA) is 43.1 Å². The van der Waals surface area contributed by atoms with Gasteiger partial charge in [-0.2, -0.15) is 0 Å². The number of carbonyl (C=O) groups excluding carboxylic acids is 1. The molecule has 76 valence electrons. The van der Waals surface area contributed by atoms with Gasteiger partial charge in [-0.25, -0.2) is 4.39 Å². The standard InChI is InChI=1S/C10H12FNOS/c11-8-4-1-7(2-5-8)3-6-9(12)10(13)14/h1-2,4-5,9H,3,6,12H2,(H,13,14)/t9-/m0/s1. The Morgan fingerprint density at radius 3 is 2.50 bits per heavy atom. The highest BCUT2D eigenvalue weighted by atomic mass is 32.1. The van der Waals surface area contributed by atoms with Gasteiger partial charge in [0.2, 0.25) is 5.12 Å². The van der Waals surface area contributed by atoms with Gasteiger partial charge in [0.15, 0.2) is 0 Å². The molecule has 0 aliphatic carbocycles. The molecule has 0 unspecified atom stereocenters. The first-order valence-electron chi connectivity index (χ1n) is 4.32. The van der Waals surface area contributed by atoms with E-state index in [1.165, 1.54) is 12.1 Å². The molecule has 1 atom stereocenters. The normalized spacial score (nSPS) is 12.5. The van der Waals surface area contributed by atoms with E-state index in [-0.39, 0.29) is 10.9 Å². The van der Waals surface area contributed by atoms with Gasteiger partial charge in [0, 0.05) is 0 Å². The van der Waals surface area contributed by atoms with Crippen molar-refractivity contribution in [1.29, 1.82) is 0 Å². The Hall–Kier alpha value is -0.870. The summed E-state index contributed by atoms with van der Waals surface area (Å²) in [5.74, 6) is -0.261. The van der Waals surface area contributed by atoms with E-state index in [0.717, 1.165) is 5.56 Å². The number of carbonyl (C=O) groups is 1. The lowest BCUT2D eigenvalue weighted by molar-refractivity contribution is -0.112. The smallest absolute Gasteiger partial charge is 0.202 e. The van der Waals surface area contributed by atoms with Gasteiger partial charge in [-0.05, 0) is 30.5 Å². The van der Waals surface area contributed by atoms with Gasteiger partial charge in [-0.15, -0.1) is 12.6 Å². The first-order chi connectivity index (χ1) is 6.59. The number of rotatable bonds is 4. The van der Waals surface area contributed by atoms with Crippen LogP contribution in [0.25, 0.3) is 0 Å². The van der Waals surface area contributed by atoms with Crippen LogP contribution in [-0.2, 0) is 11.2 Å². The van der Waals surface area contributed by atoms with Gasteiger partial charge < -0.3 is 5.73 Å². The van der Waals surface area contributed by atoms with E-state index in [1.54, 1.807) is 12.1 Å². The summed E-state index contributed by atoms with van der Waals surface area (Å²) in [7, 11) is 0. The number of hydrogen-bond donors (Lipinski definition) is 2. The largest absolute Gasteiger partial charge is 0.321 e. The van der Waals surface area contributed by atoms with Gasteiger partial charge in [0.25, 0.3) is 0 Å². The predicted molar refractivity (Wildman–Crippen MR) is 56.7 cm³/mol. The Morgan fingerprint density at radius 1 is 1.43 bits per heavy atom. The maximum Gasteiger partial charge on any atom is 0.202 e. The predicted octanol–water partition coefficient (Wildman–Crippen LogP) is 1.54. The van der Waals surface area contributed by atoms with Crippen LogP contribution in [0, 0.1) is 5.82 Å². The average molecular weight is 213 g/mol. The summed E-state index contributed by atoms with van der Waals surface area (Å²) in [6, 6.07) is 5.62. The SMILES string of the molecule is N[C@@H](CCc1ccc(F)cc1)C(=O)S. The van der Waals surface area contributed by atoms with Crippen molar-refractivity contribution in [3.05, 3.63) is 35.6 Å². The third-order valence-electron chi connectivity index (χ3n) is 1.97. The second kappa shape index (κ2) is 5.12. The fourth-order valence-electron chi connectivity index (χ4n) is 1.10. The molecule has 0 amide bonds. The van der Waals surface area contributed by atoms with E-state index in [1.807, 2.05) is 0 Å². The van der Waals surface area contributed by atoms with E-state index in [4.69, 9.17) is 5.73 Å². The van der Waals surface area contributed by atoms with Crippen LogP contribution < -0.4 is 5.73 Å². The number of benzene rings is 1. The van der Waals surface area contributed by atoms with Crippen molar-refractivity contribution in [2.45, 2.75) is 18.9 Å². The van der Waals surface area contributed by atoms with Crippen molar-refractivity contribution in [3.63, 3.8) is 0 Å². The molecule has 0 aliphatic heterocycles. The molecule has 1 rings (SSSR count). The highest BCUT2D eigenvalue weighted by Crippen LogP contribution is 2.07. The third-order valence-corrected chi connectivity index (χ3v) is 2.31. The number of hydrogen-bond acceptors (Lipinski definition) is 2. The van der Waals surface area contributed by atoms with Crippen molar-refractivity contribution in [1.82, 2.24) is 0 Å². The third kappa shape index (κ3) is 3.47. The molecule has 1 aromatic carbocycles. The van der Waals surface area contributed by atoms with Crippen LogP contribution in [0.3, 0.4) is 0 Å². The molecule has 0 aliphatic rings. The quantitative estimate of drug-likeness (QED) is 0.745. The van der Waals surface area contributed by atoms with Gasteiger partial charge in [0.1, 0.15) is 5.82 Å². The number of nitrogens with two attached hydrogens (primary N) is 1. The second-order valence-corrected chi connectivity index (χ2v) is 3.55. The van der Waals surface area contributed by atoms with Gasteiger partial charge in [0.05, 0.1) is 6.04 Å². The minimum Gasteiger partial charge on any atom is -0.321 e.